The molecular weight excluding hydrogens is 304 g/mol. The Morgan fingerprint density at radius 3 is 2.82 bits per heavy atom. The van der Waals surface area contributed by atoms with E-state index < -0.39 is 4.92 Å². The van der Waals surface area contributed by atoms with Gasteiger partial charge in [0.15, 0.2) is 5.11 Å². The number of phenols is 1. The van der Waals surface area contributed by atoms with Crippen molar-refractivity contribution in [3.05, 3.63) is 33.9 Å². The van der Waals surface area contributed by atoms with Crippen LogP contribution in [0.3, 0.4) is 0 Å². The number of nitro benzene ring substituents is 1. The topological polar surface area (TPSA) is 99.8 Å². The molecule has 0 amide bonds. The second kappa shape index (κ2) is 7.69. The third-order valence-corrected chi connectivity index (χ3v) is 3.74. The Labute approximate surface area is 133 Å². The molecule has 0 atom stereocenters. The number of benzene rings is 1. The lowest BCUT2D eigenvalue weighted by atomic mass is 9.96. The van der Waals surface area contributed by atoms with Crippen LogP contribution in [0.25, 0.3) is 0 Å². The van der Waals surface area contributed by atoms with Gasteiger partial charge in [-0.3, -0.25) is 15.5 Å². The van der Waals surface area contributed by atoms with Crippen LogP contribution in [-0.2, 0) is 0 Å². The van der Waals surface area contributed by atoms with E-state index in [0.29, 0.717) is 11.2 Å². The van der Waals surface area contributed by atoms with E-state index in [1.54, 1.807) is 0 Å². The number of non-ortho nitro benzene ring substituents is 1. The van der Waals surface area contributed by atoms with Crippen molar-refractivity contribution in [2.75, 3.05) is 0 Å². The van der Waals surface area contributed by atoms with Crippen LogP contribution in [0, 0.1) is 10.1 Å². The molecule has 1 aromatic rings. The molecule has 0 unspecified atom stereocenters. The van der Waals surface area contributed by atoms with Crippen LogP contribution in [0.15, 0.2) is 23.3 Å². The van der Waals surface area contributed by atoms with Crippen LogP contribution in [0.5, 0.6) is 5.75 Å². The number of rotatable bonds is 4. The summed E-state index contributed by atoms with van der Waals surface area (Å²) >= 11 is 5.14. The summed E-state index contributed by atoms with van der Waals surface area (Å²) in [7, 11) is 0. The molecule has 3 N–H and O–H groups in total. The van der Waals surface area contributed by atoms with Crippen molar-refractivity contribution >= 4 is 29.2 Å². The zero-order valence-electron chi connectivity index (χ0n) is 12.0. The van der Waals surface area contributed by atoms with Crippen LogP contribution in [0.4, 0.5) is 5.69 Å². The third-order valence-electron chi connectivity index (χ3n) is 3.53. The highest BCUT2D eigenvalue weighted by Gasteiger charge is 2.13. The fraction of sp³-hybridized carbons (Fsp3) is 0.429. The maximum absolute atomic E-state index is 10.7. The molecule has 0 aliphatic heterocycles. The number of nitro groups is 1. The summed E-state index contributed by atoms with van der Waals surface area (Å²) in [4.78, 5) is 10.2. The molecule has 118 valence electrons. The lowest BCUT2D eigenvalue weighted by Gasteiger charge is -2.23. The van der Waals surface area contributed by atoms with E-state index in [4.69, 9.17) is 12.2 Å². The normalized spacial score (nSPS) is 15.6. The zero-order valence-corrected chi connectivity index (χ0v) is 12.8. The second-order valence-corrected chi connectivity index (χ2v) is 5.59. The van der Waals surface area contributed by atoms with Crippen LogP contribution in [0.2, 0.25) is 0 Å². The molecule has 1 aliphatic carbocycles. The van der Waals surface area contributed by atoms with Crippen molar-refractivity contribution in [1.29, 1.82) is 0 Å². The molecule has 1 aliphatic rings. The van der Waals surface area contributed by atoms with Gasteiger partial charge in [-0.05, 0) is 31.1 Å². The van der Waals surface area contributed by atoms with Gasteiger partial charge in [0.1, 0.15) is 5.75 Å². The van der Waals surface area contributed by atoms with E-state index in [1.165, 1.54) is 43.7 Å². The largest absolute Gasteiger partial charge is 0.507 e. The van der Waals surface area contributed by atoms with Crippen LogP contribution < -0.4 is 10.7 Å². The second-order valence-electron chi connectivity index (χ2n) is 5.18. The smallest absolute Gasteiger partial charge is 0.270 e. The summed E-state index contributed by atoms with van der Waals surface area (Å²) in [6.07, 6.45) is 7.16. The average molecular weight is 322 g/mol. The Bertz CT molecular complexity index is 585. The van der Waals surface area contributed by atoms with Gasteiger partial charge in [0.05, 0.1) is 11.1 Å². The van der Waals surface area contributed by atoms with Gasteiger partial charge in [0.25, 0.3) is 5.69 Å². The lowest BCUT2D eigenvalue weighted by molar-refractivity contribution is -0.384. The van der Waals surface area contributed by atoms with Gasteiger partial charge < -0.3 is 10.4 Å². The van der Waals surface area contributed by atoms with Crippen molar-refractivity contribution in [1.82, 2.24) is 10.7 Å². The van der Waals surface area contributed by atoms with Crippen LogP contribution >= 0.6 is 12.2 Å². The van der Waals surface area contributed by atoms with E-state index in [0.717, 1.165) is 12.8 Å². The Balaban J connectivity index is 1.90. The molecule has 22 heavy (non-hydrogen) atoms. The van der Waals surface area contributed by atoms with Crippen molar-refractivity contribution in [2.24, 2.45) is 5.10 Å². The Kier molecular flexibility index (Phi) is 5.65. The molecule has 0 heterocycles. The summed E-state index contributed by atoms with van der Waals surface area (Å²) < 4.78 is 0. The van der Waals surface area contributed by atoms with Crippen molar-refractivity contribution < 1.29 is 10.0 Å². The molecule has 7 nitrogen and oxygen atoms in total. The lowest BCUT2D eigenvalue weighted by Crippen LogP contribution is -2.40. The van der Waals surface area contributed by atoms with Crippen LogP contribution in [0.1, 0.15) is 37.7 Å². The maximum Gasteiger partial charge on any atom is 0.270 e. The van der Waals surface area contributed by atoms with E-state index in [2.05, 4.69) is 15.8 Å². The molecule has 0 aromatic heterocycles. The molecule has 2 rings (SSSR count). The molecule has 0 saturated heterocycles. The standard InChI is InChI=1S/C14H18N4O3S/c19-13-7-6-12(18(20)21)8-10(13)9-15-17-14(22)16-11-4-2-1-3-5-11/h6-9,11,19H,1-5H2,(H2,16,17,22)/b15-9+. The zero-order chi connectivity index (χ0) is 15.9. The van der Waals surface area contributed by atoms with Gasteiger partial charge in [-0.2, -0.15) is 5.10 Å². The van der Waals surface area contributed by atoms with Gasteiger partial charge in [-0.25, -0.2) is 0 Å². The first kappa shape index (κ1) is 16.2. The summed E-state index contributed by atoms with van der Waals surface area (Å²) in [5.41, 5.74) is 2.81. The molecule has 1 fully saturated rings. The number of hydrogen-bond donors (Lipinski definition) is 3. The first-order valence-corrected chi connectivity index (χ1v) is 7.54. The first-order chi connectivity index (χ1) is 10.6. The van der Waals surface area contributed by atoms with E-state index in [9.17, 15) is 15.2 Å². The van der Waals surface area contributed by atoms with Gasteiger partial charge in [-0.1, -0.05) is 19.3 Å². The number of aromatic hydroxyl groups is 1. The van der Waals surface area contributed by atoms with Gasteiger partial charge in [0.2, 0.25) is 0 Å². The Hall–Kier alpha value is -2.22. The van der Waals surface area contributed by atoms with Gasteiger partial charge >= 0.3 is 0 Å². The van der Waals surface area contributed by atoms with E-state index in [-0.39, 0.29) is 17.0 Å². The summed E-state index contributed by atoms with van der Waals surface area (Å²) in [6.45, 7) is 0. The number of hydrogen-bond acceptors (Lipinski definition) is 5. The van der Waals surface area contributed by atoms with E-state index in [1.807, 2.05) is 0 Å². The summed E-state index contributed by atoms with van der Waals surface area (Å²) in [5, 5.41) is 27.9. The van der Waals surface area contributed by atoms with E-state index >= 15 is 0 Å². The first-order valence-electron chi connectivity index (χ1n) is 7.13. The molecule has 0 spiro atoms. The Morgan fingerprint density at radius 1 is 1.41 bits per heavy atom. The van der Waals surface area contributed by atoms with Gasteiger partial charge in [0, 0.05) is 23.7 Å². The molecule has 1 saturated carbocycles. The number of phenolic OH excluding ortho intramolecular Hbond substituents is 1. The molecule has 1 aromatic carbocycles. The van der Waals surface area contributed by atoms with Gasteiger partial charge in [-0.15, -0.1) is 0 Å². The number of nitrogens with zero attached hydrogens (tertiary/aromatic N) is 2. The highest BCUT2D eigenvalue weighted by atomic mass is 32.1. The predicted octanol–water partition coefficient (Wildman–Crippen LogP) is 2.43. The molecule has 0 bridgehead atoms. The number of thiocarbonyl (C=S) groups is 1. The molecule has 8 heteroatoms. The molecule has 0 radical (unpaired) electrons. The van der Waals surface area contributed by atoms with Crippen molar-refractivity contribution in [2.45, 2.75) is 38.1 Å². The third kappa shape index (κ3) is 4.66. The monoisotopic (exact) mass is 322 g/mol. The maximum atomic E-state index is 10.7. The molecular formula is C14H18N4O3S. The number of hydrazone groups is 1. The minimum absolute atomic E-state index is 0.0812. The minimum atomic E-state index is -0.528. The van der Waals surface area contributed by atoms with Crippen molar-refractivity contribution in [3.63, 3.8) is 0 Å². The minimum Gasteiger partial charge on any atom is -0.507 e. The highest BCUT2D eigenvalue weighted by Crippen LogP contribution is 2.21. The highest BCUT2D eigenvalue weighted by molar-refractivity contribution is 7.80. The van der Waals surface area contributed by atoms with Crippen molar-refractivity contribution in [3.8, 4) is 5.75 Å². The fourth-order valence-corrected chi connectivity index (χ4v) is 2.60. The average Bonchev–Trinajstić information content (AvgIpc) is 2.50. The number of nitrogens with one attached hydrogen (secondary N) is 2. The summed E-state index contributed by atoms with van der Waals surface area (Å²) in [6, 6.07) is 4.11. The SMILES string of the molecule is O=[N+]([O-])c1ccc(O)c(/C=N/NC(=S)NC2CCCCC2)c1. The fourth-order valence-electron chi connectivity index (χ4n) is 2.38. The predicted molar refractivity (Wildman–Crippen MR) is 88.1 cm³/mol. The quantitative estimate of drug-likeness (QED) is 0.341. The Morgan fingerprint density at radius 2 is 2.14 bits per heavy atom. The van der Waals surface area contributed by atoms with Crippen LogP contribution in [-0.4, -0.2) is 27.4 Å². The summed E-state index contributed by atoms with van der Waals surface area (Å²) in [5.74, 6) is -0.0812.